The number of benzene rings is 2. The lowest BCUT2D eigenvalue weighted by Crippen LogP contribution is -2.42. The molecule has 2 aromatic carbocycles. The first kappa shape index (κ1) is 22.6. The monoisotopic (exact) mass is 475 g/mol. The van der Waals surface area contributed by atoms with Gasteiger partial charge >= 0.3 is 6.18 Å². The van der Waals surface area contributed by atoms with E-state index in [1.807, 2.05) is 26.8 Å². The van der Waals surface area contributed by atoms with Crippen LogP contribution in [0.4, 0.5) is 18.9 Å². The molecule has 0 unspecified atom stereocenters. The molecule has 2 fully saturated rings. The molecular weight excluding hydrogens is 447 g/mol. The van der Waals surface area contributed by atoms with Gasteiger partial charge in [0.05, 0.1) is 16.7 Å². The van der Waals surface area contributed by atoms with E-state index in [1.165, 1.54) is 12.8 Å². The second kappa shape index (κ2) is 7.42. The number of thioether (sulfide) groups is 1. The number of hydrogen-bond acceptors (Lipinski definition) is 3. The maximum absolute atomic E-state index is 13.0. The molecule has 2 aromatic rings. The van der Waals surface area contributed by atoms with Crippen LogP contribution in [0.5, 0.6) is 5.75 Å². The van der Waals surface area contributed by atoms with E-state index in [2.05, 4.69) is 12.1 Å². The first-order valence-electron chi connectivity index (χ1n) is 11.4. The number of hydrogen-bond donors (Lipinski definition) is 0. The molecule has 0 bridgehead atoms. The molecule has 2 aliphatic carbocycles. The van der Waals surface area contributed by atoms with E-state index < -0.39 is 17.2 Å². The molecule has 5 rings (SSSR count). The fraction of sp³-hybridized carbons (Fsp3) is 0.500. The normalized spacial score (nSPS) is 22.2. The summed E-state index contributed by atoms with van der Waals surface area (Å²) >= 11 is 1.65. The summed E-state index contributed by atoms with van der Waals surface area (Å²) in [5, 5.41) is 0. The lowest BCUT2D eigenvalue weighted by Gasteiger charge is -2.49. The lowest BCUT2D eigenvalue weighted by atomic mass is 9.67. The van der Waals surface area contributed by atoms with Crippen LogP contribution in [0.3, 0.4) is 0 Å². The topological polar surface area (TPSA) is 29.5 Å². The molecule has 176 valence electrons. The molecule has 0 radical (unpaired) electrons. The first-order valence-corrected chi connectivity index (χ1v) is 12.2. The average molecular weight is 476 g/mol. The van der Waals surface area contributed by atoms with Gasteiger partial charge in [0.2, 0.25) is 5.91 Å². The average Bonchev–Trinajstić information content (AvgIpc) is 3.53. The Bertz CT molecular complexity index is 1080. The molecule has 0 atom stereocenters. The van der Waals surface area contributed by atoms with Gasteiger partial charge in [-0.05, 0) is 93.8 Å². The molecule has 3 nitrogen and oxygen atoms in total. The van der Waals surface area contributed by atoms with Gasteiger partial charge in [-0.3, -0.25) is 4.79 Å². The Morgan fingerprint density at radius 3 is 2.30 bits per heavy atom. The number of rotatable bonds is 4. The Morgan fingerprint density at radius 2 is 1.73 bits per heavy atom. The predicted octanol–water partition coefficient (Wildman–Crippen LogP) is 7.04. The number of amides is 1. The summed E-state index contributed by atoms with van der Waals surface area (Å²) in [6.07, 6.45) is 0.116. The van der Waals surface area contributed by atoms with Crippen LogP contribution in [0.1, 0.15) is 57.6 Å². The summed E-state index contributed by atoms with van der Waals surface area (Å²) < 4.78 is 44.9. The van der Waals surface area contributed by atoms with Gasteiger partial charge in [-0.2, -0.15) is 13.2 Å². The second-order valence-corrected chi connectivity index (χ2v) is 11.8. The summed E-state index contributed by atoms with van der Waals surface area (Å²) in [4.78, 5) is 15.6. The highest BCUT2D eigenvalue weighted by Gasteiger charge is 2.62. The molecule has 1 amide bonds. The van der Waals surface area contributed by atoms with Gasteiger partial charge in [-0.1, -0.05) is 6.07 Å². The summed E-state index contributed by atoms with van der Waals surface area (Å²) in [7, 11) is 0. The van der Waals surface area contributed by atoms with E-state index >= 15 is 0 Å². The van der Waals surface area contributed by atoms with Gasteiger partial charge in [0.25, 0.3) is 0 Å². The summed E-state index contributed by atoms with van der Waals surface area (Å²) in [5.41, 5.74) is 1.05. The van der Waals surface area contributed by atoms with Gasteiger partial charge in [-0.15, -0.1) is 11.8 Å². The zero-order chi connectivity index (χ0) is 23.6. The number of alkyl halides is 3. The standard InChI is InChI=1S/C26H28F3NO2S/c1-4-30-20-10-7-18(13-21(20)32-16-23(2,3)22(30)31)25(14-24(15-25)11-12-24)33-19-8-5-17(6-9-19)26(27,28)29/h5-10,13H,4,11-12,14-16H2,1-3H3. The van der Waals surface area contributed by atoms with E-state index in [0.717, 1.165) is 41.1 Å². The Labute approximate surface area is 196 Å². The molecule has 7 heteroatoms. The van der Waals surface area contributed by atoms with Gasteiger partial charge in [0.15, 0.2) is 0 Å². The highest BCUT2D eigenvalue weighted by Crippen LogP contribution is 2.73. The fourth-order valence-corrected chi connectivity index (χ4v) is 6.93. The highest BCUT2D eigenvalue weighted by atomic mass is 32.2. The fourth-order valence-electron chi connectivity index (χ4n) is 5.21. The van der Waals surface area contributed by atoms with Crippen molar-refractivity contribution >= 4 is 23.4 Å². The van der Waals surface area contributed by atoms with E-state index in [9.17, 15) is 18.0 Å². The maximum atomic E-state index is 13.0. The molecule has 33 heavy (non-hydrogen) atoms. The number of halogens is 3. The van der Waals surface area contributed by atoms with Crippen LogP contribution in [-0.2, 0) is 15.7 Å². The van der Waals surface area contributed by atoms with Crippen molar-refractivity contribution in [1.29, 1.82) is 0 Å². The third-order valence-electron chi connectivity index (χ3n) is 7.28. The van der Waals surface area contributed by atoms with Crippen molar-refractivity contribution in [2.24, 2.45) is 10.8 Å². The SMILES string of the molecule is CCN1C(=O)C(C)(C)COc2cc(C3(Sc4ccc(C(F)(F)F)cc4)CC4(CC4)C3)ccc21. The third kappa shape index (κ3) is 3.92. The molecule has 0 aromatic heterocycles. The quantitative estimate of drug-likeness (QED) is 0.475. The predicted molar refractivity (Wildman–Crippen MR) is 124 cm³/mol. The van der Waals surface area contributed by atoms with Crippen LogP contribution in [-0.4, -0.2) is 19.1 Å². The number of ether oxygens (including phenoxy) is 1. The highest BCUT2D eigenvalue weighted by molar-refractivity contribution is 8.00. The smallest absolute Gasteiger partial charge is 0.416 e. The molecule has 0 N–H and O–H groups in total. The molecule has 3 aliphatic rings. The Kier molecular flexibility index (Phi) is 5.09. The van der Waals surface area contributed by atoms with E-state index in [4.69, 9.17) is 4.74 Å². The van der Waals surface area contributed by atoms with Crippen molar-refractivity contribution in [2.75, 3.05) is 18.1 Å². The molecule has 1 spiro atoms. The molecule has 2 saturated carbocycles. The van der Waals surface area contributed by atoms with Crippen LogP contribution >= 0.6 is 11.8 Å². The van der Waals surface area contributed by atoms with Crippen molar-refractivity contribution in [3.05, 3.63) is 53.6 Å². The minimum absolute atomic E-state index is 0.0471. The summed E-state index contributed by atoms with van der Waals surface area (Å²) in [6.45, 7) is 6.63. The van der Waals surface area contributed by atoms with Crippen molar-refractivity contribution in [1.82, 2.24) is 0 Å². The van der Waals surface area contributed by atoms with Crippen molar-refractivity contribution in [2.45, 2.75) is 62.3 Å². The number of carbonyl (C=O) groups excluding carboxylic acids is 1. The zero-order valence-corrected chi connectivity index (χ0v) is 19.9. The lowest BCUT2D eigenvalue weighted by molar-refractivity contribution is -0.137. The van der Waals surface area contributed by atoms with Crippen LogP contribution in [0.25, 0.3) is 0 Å². The Morgan fingerprint density at radius 1 is 1.06 bits per heavy atom. The van der Waals surface area contributed by atoms with Crippen LogP contribution in [0, 0.1) is 10.8 Å². The minimum Gasteiger partial charge on any atom is -0.490 e. The van der Waals surface area contributed by atoms with Gasteiger partial charge in [-0.25, -0.2) is 0 Å². The molecule has 1 aliphatic heterocycles. The van der Waals surface area contributed by atoms with Crippen LogP contribution in [0.2, 0.25) is 0 Å². The maximum Gasteiger partial charge on any atom is 0.416 e. The van der Waals surface area contributed by atoms with Crippen molar-refractivity contribution < 1.29 is 22.7 Å². The Hall–Kier alpha value is -2.15. The Balaban J connectivity index is 1.48. The van der Waals surface area contributed by atoms with Gasteiger partial charge in [0.1, 0.15) is 12.4 Å². The molecule has 1 heterocycles. The number of fused-ring (bicyclic) bond motifs is 1. The van der Waals surface area contributed by atoms with Crippen LogP contribution < -0.4 is 9.64 Å². The second-order valence-electron chi connectivity index (χ2n) is 10.4. The van der Waals surface area contributed by atoms with E-state index in [1.54, 1.807) is 28.8 Å². The van der Waals surface area contributed by atoms with E-state index in [0.29, 0.717) is 24.3 Å². The van der Waals surface area contributed by atoms with Crippen molar-refractivity contribution in [3.8, 4) is 5.75 Å². The van der Waals surface area contributed by atoms with E-state index in [-0.39, 0.29) is 10.7 Å². The van der Waals surface area contributed by atoms with Crippen LogP contribution in [0.15, 0.2) is 47.4 Å². The largest absolute Gasteiger partial charge is 0.490 e. The minimum atomic E-state index is -4.33. The number of anilines is 1. The molecule has 0 saturated heterocycles. The van der Waals surface area contributed by atoms with Gasteiger partial charge in [0, 0.05) is 16.2 Å². The number of nitrogens with zero attached hydrogens (tertiary/aromatic N) is 1. The molecular formula is C26H28F3NO2S. The van der Waals surface area contributed by atoms with Gasteiger partial charge < -0.3 is 9.64 Å². The zero-order valence-electron chi connectivity index (χ0n) is 19.1. The summed E-state index contributed by atoms with van der Waals surface area (Å²) in [6, 6.07) is 11.6. The van der Waals surface area contributed by atoms with Crippen molar-refractivity contribution in [3.63, 3.8) is 0 Å². The number of carbonyl (C=O) groups is 1. The summed E-state index contributed by atoms with van der Waals surface area (Å²) in [5.74, 6) is 0.753. The first-order chi connectivity index (χ1) is 15.5. The third-order valence-corrected chi connectivity index (χ3v) is 8.70.